The van der Waals surface area contributed by atoms with Gasteiger partial charge in [-0.2, -0.15) is 0 Å². The van der Waals surface area contributed by atoms with Crippen LogP contribution in [0.25, 0.3) is 0 Å². The first-order valence-corrected chi connectivity index (χ1v) is 7.56. The predicted molar refractivity (Wildman–Crippen MR) is 85.9 cm³/mol. The lowest BCUT2D eigenvalue weighted by atomic mass is 9.89. The molecule has 24 heavy (non-hydrogen) atoms. The van der Waals surface area contributed by atoms with Gasteiger partial charge in [0.25, 0.3) is 5.91 Å². The van der Waals surface area contributed by atoms with Crippen LogP contribution in [0.15, 0.2) is 42.5 Å². The van der Waals surface area contributed by atoms with Crippen LogP contribution in [-0.4, -0.2) is 25.4 Å². The molecule has 2 amide bonds. The van der Waals surface area contributed by atoms with Crippen molar-refractivity contribution in [3.8, 4) is 0 Å². The van der Waals surface area contributed by atoms with E-state index in [-0.39, 0.29) is 30.4 Å². The van der Waals surface area contributed by atoms with E-state index in [1.54, 1.807) is 11.9 Å². The Kier molecular flexibility index (Phi) is 4.29. The second-order valence-corrected chi connectivity index (χ2v) is 5.72. The highest BCUT2D eigenvalue weighted by Crippen LogP contribution is 2.34. The average molecular weight is 330 g/mol. The van der Waals surface area contributed by atoms with E-state index < -0.39 is 17.5 Å². The van der Waals surface area contributed by atoms with Crippen molar-refractivity contribution in [2.75, 3.05) is 18.5 Å². The molecule has 1 heterocycles. The van der Waals surface area contributed by atoms with Crippen molar-refractivity contribution >= 4 is 17.5 Å². The largest absolute Gasteiger partial charge is 0.351 e. The van der Waals surface area contributed by atoms with Gasteiger partial charge in [0.1, 0.15) is 0 Å². The zero-order valence-corrected chi connectivity index (χ0v) is 13.1. The van der Waals surface area contributed by atoms with Gasteiger partial charge in [0, 0.05) is 31.6 Å². The van der Waals surface area contributed by atoms with Gasteiger partial charge in [0.05, 0.1) is 5.56 Å². The summed E-state index contributed by atoms with van der Waals surface area (Å²) in [5.74, 6) is -3.19. The minimum absolute atomic E-state index is 0.0510. The molecule has 6 heteroatoms. The molecule has 3 rings (SSSR count). The zero-order chi connectivity index (χ0) is 17.3. The van der Waals surface area contributed by atoms with Crippen LogP contribution in [-0.2, 0) is 4.79 Å². The number of benzene rings is 2. The molecule has 0 aromatic heterocycles. The lowest BCUT2D eigenvalue weighted by molar-refractivity contribution is -0.119. The molecule has 4 nitrogen and oxygen atoms in total. The lowest BCUT2D eigenvalue weighted by Gasteiger charge is -2.31. The van der Waals surface area contributed by atoms with Gasteiger partial charge in [-0.1, -0.05) is 24.3 Å². The Labute approximate surface area is 138 Å². The highest BCUT2D eigenvalue weighted by Gasteiger charge is 2.29. The minimum Gasteiger partial charge on any atom is -0.351 e. The number of halogens is 2. The number of hydrogen-bond acceptors (Lipinski definition) is 2. The van der Waals surface area contributed by atoms with Gasteiger partial charge in [-0.25, -0.2) is 8.78 Å². The van der Waals surface area contributed by atoms with Crippen LogP contribution in [0.3, 0.4) is 0 Å². The highest BCUT2D eigenvalue weighted by molar-refractivity contribution is 5.97. The number of hydrogen-bond donors (Lipinski definition) is 1. The number of nitrogens with zero attached hydrogens (tertiary/aromatic N) is 1. The fourth-order valence-corrected chi connectivity index (χ4v) is 2.90. The molecule has 2 aromatic carbocycles. The summed E-state index contributed by atoms with van der Waals surface area (Å²) in [4.78, 5) is 25.8. The number of para-hydroxylation sites is 1. The third-order valence-corrected chi connectivity index (χ3v) is 4.24. The Hall–Kier alpha value is -2.76. The molecular formula is C18H16F2N2O2. The molecule has 1 N–H and O–H groups in total. The summed E-state index contributed by atoms with van der Waals surface area (Å²) >= 11 is 0. The van der Waals surface area contributed by atoms with E-state index in [1.165, 1.54) is 12.1 Å². The molecule has 0 fully saturated rings. The third kappa shape index (κ3) is 2.87. The van der Waals surface area contributed by atoms with Crippen LogP contribution in [0, 0.1) is 11.6 Å². The second kappa shape index (κ2) is 6.39. The van der Waals surface area contributed by atoms with Gasteiger partial charge >= 0.3 is 0 Å². The number of carbonyl (C=O) groups excluding carboxylic acids is 2. The maximum Gasteiger partial charge on any atom is 0.254 e. The molecule has 0 aliphatic carbocycles. The van der Waals surface area contributed by atoms with Gasteiger partial charge in [0.15, 0.2) is 11.6 Å². The molecule has 0 spiro atoms. The fourth-order valence-electron chi connectivity index (χ4n) is 2.90. The number of anilines is 1. The first kappa shape index (κ1) is 16.1. The Balaban J connectivity index is 1.77. The molecule has 1 atom stereocenters. The minimum atomic E-state index is -1.17. The summed E-state index contributed by atoms with van der Waals surface area (Å²) in [6, 6.07) is 10.9. The third-order valence-electron chi connectivity index (χ3n) is 4.24. The Morgan fingerprint density at radius 3 is 2.75 bits per heavy atom. The average Bonchev–Trinajstić information content (AvgIpc) is 2.59. The lowest BCUT2D eigenvalue weighted by Crippen LogP contribution is -2.37. The number of carbonyl (C=O) groups is 2. The molecule has 124 valence electrons. The van der Waals surface area contributed by atoms with Gasteiger partial charge in [-0.15, -0.1) is 0 Å². The molecule has 1 aliphatic heterocycles. The van der Waals surface area contributed by atoms with Crippen LogP contribution in [0.5, 0.6) is 0 Å². The van der Waals surface area contributed by atoms with Gasteiger partial charge < -0.3 is 10.2 Å². The number of rotatable bonds is 3. The van der Waals surface area contributed by atoms with Crippen molar-refractivity contribution in [1.29, 1.82) is 0 Å². The van der Waals surface area contributed by atoms with E-state index in [0.717, 1.165) is 17.3 Å². The maximum atomic E-state index is 13.7. The topological polar surface area (TPSA) is 49.4 Å². The Morgan fingerprint density at radius 1 is 1.21 bits per heavy atom. The summed E-state index contributed by atoms with van der Waals surface area (Å²) in [5, 5.41) is 2.60. The first-order chi connectivity index (χ1) is 11.5. The monoisotopic (exact) mass is 330 g/mol. The zero-order valence-electron chi connectivity index (χ0n) is 13.1. The Bertz CT molecular complexity index is 807. The standard InChI is InChI=1S/C18H16F2N2O2/c1-22-15-8-3-2-5-12(15)11(9-16(22)23)10-21-18(24)13-6-4-7-14(19)17(13)20/h2-8,11H,9-10H2,1H3,(H,21,24)/t11-/m1/s1. The maximum absolute atomic E-state index is 13.7. The summed E-state index contributed by atoms with van der Waals surface area (Å²) in [7, 11) is 1.71. The summed E-state index contributed by atoms with van der Waals surface area (Å²) in [6.45, 7) is 0.172. The SMILES string of the molecule is CN1C(=O)C[C@H](CNC(=O)c2cccc(F)c2F)c2ccccc21. The molecule has 2 aromatic rings. The number of nitrogens with one attached hydrogen (secondary N) is 1. The highest BCUT2D eigenvalue weighted by atomic mass is 19.2. The van der Waals surface area contributed by atoms with E-state index in [2.05, 4.69) is 5.32 Å². The van der Waals surface area contributed by atoms with Crippen LogP contribution >= 0.6 is 0 Å². The van der Waals surface area contributed by atoms with E-state index in [0.29, 0.717) is 0 Å². The van der Waals surface area contributed by atoms with Gasteiger partial charge in [-0.05, 0) is 23.8 Å². The molecule has 0 unspecified atom stereocenters. The molecule has 1 aliphatic rings. The van der Waals surface area contributed by atoms with Crippen molar-refractivity contribution in [2.45, 2.75) is 12.3 Å². The van der Waals surface area contributed by atoms with Gasteiger partial charge in [0.2, 0.25) is 5.91 Å². The van der Waals surface area contributed by atoms with E-state index in [4.69, 9.17) is 0 Å². The van der Waals surface area contributed by atoms with Crippen molar-refractivity contribution in [1.82, 2.24) is 5.32 Å². The van der Waals surface area contributed by atoms with E-state index in [1.807, 2.05) is 24.3 Å². The number of amides is 2. The normalized spacial score (nSPS) is 16.7. The van der Waals surface area contributed by atoms with Crippen LogP contribution < -0.4 is 10.2 Å². The van der Waals surface area contributed by atoms with Crippen LogP contribution in [0.2, 0.25) is 0 Å². The van der Waals surface area contributed by atoms with Crippen molar-refractivity contribution < 1.29 is 18.4 Å². The van der Waals surface area contributed by atoms with Crippen molar-refractivity contribution in [3.63, 3.8) is 0 Å². The van der Waals surface area contributed by atoms with Crippen LogP contribution in [0.4, 0.5) is 14.5 Å². The molecule has 0 saturated carbocycles. The van der Waals surface area contributed by atoms with Crippen molar-refractivity contribution in [3.05, 3.63) is 65.2 Å². The molecular weight excluding hydrogens is 314 g/mol. The predicted octanol–water partition coefficient (Wildman–Crippen LogP) is 2.84. The Morgan fingerprint density at radius 2 is 1.96 bits per heavy atom. The summed E-state index contributed by atoms with van der Waals surface area (Å²) in [5.41, 5.74) is 1.40. The molecule has 0 bridgehead atoms. The molecule has 0 saturated heterocycles. The smallest absolute Gasteiger partial charge is 0.254 e. The summed E-state index contributed by atoms with van der Waals surface area (Å²) < 4.78 is 26.9. The van der Waals surface area contributed by atoms with E-state index in [9.17, 15) is 18.4 Å². The fraction of sp³-hybridized carbons (Fsp3) is 0.222. The second-order valence-electron chi connectivity index (χ2n) is 5.72. The van der Waals surface area contributed by atoms with E-state index >= 15 is 0 Å². The summed E-state index contributed by atoms with van der Waals surface area (Å²) in [6.07, 6.45) is 0.249. The molecule has 0 radical (unpaired) electrons. The van der Waals surface area contributed by atoms with Crippen LogP contribution in [0.1, 0.15) is 28.3 Å². The van der Waals surface area contributed by atoms with Crippen molar-refractivity contribution in [2.24, 2.45) is 0 Å². The first-order valence-electron chi connectivity index (χ1n) is 7.56. The number of fused-ring (bicyclic) bond motifs is 1. The van der Waals surface area contributed by atoms with Gasteiger partial charge in [-0.3, -0.25) is 9.59 Å². The quantitative estimate of drug-likeness (QED) is 0.941.